The number of rotatable bonds is 10. The molecule has 0 saturated heterocycles. The Morgan fingerprint density at radius 1 is 0.974 bits per heavy atom. The molecule has 1 N–H and O–H groups in total. The summed E-state index contributed by atoms with van der Waals surface area (Å²) in [7, 11) is -3.94. The van der Waals surface area contributed by atoms with Crippen molar-refractivity contribution in [3.63, 3.8) is 0 Å². The molecule has 0 saturated carbocycles. The molecule has 3 aromatic carbocycles. The fraction of sp³-hybridized carbons (Fsp3) is 0.250. The van der Waals surface area contributed by atoms with Gasteiger partial charge in [0.2, 0.25) is 21.8 Å². The lowest BCUT2D eigenvalue weighted by Gasteiger charge is -2.22. The summed E-state index contributed by atoms with van der Waals surface area (Å²) in [6, 6.07) is 20.6. The van der Waals surface area contributed by atoms with Crippen molar-refractivity contribution in [2.24, 2.45) is 0 Å². The number of carbonyl (C=O) groups excluding carboxylic acids is 1. The smallest absolute Gasteiger partial charge is 0.243 e. The number of hydrogen-bond donors (Lipinski definition) is 1. The van der Waals surface area contributed by atoms with E-state index in [-0.39, 0.29) is 23.9 Å². The van der Waals surface area contributed by atoms with Gasteiger partial charge in [0.25, 0.3) is 0 Å². The van der Waals surface area contributed by atoms with Crippen molar-refractivity contribution in [1.29, 1.82) is 0 Å². The van der Waals surface area contributed by atoms with Gasteiger partial charge in [-0.1, -0.05) is 72.6 Å². The van der Waals surface area contributed by atoms with Crippen LogP contribution in [0, 0.1) is 6.92 Å². The molecular formula is C28H29ClN4O4S. The van der Waals surface area contributed by atoms with Gasteiger partial charge in [-0.25, -0.2) is 8.42 Å². The molecule has 0 bridgehead atoms. The van der Waals surface area contributed by atoms with E-state index in [9.17, 15) is 13.2 Å². The molecule has 0 atom stereocenters. The number of halogens is 1. The molecule has 198 valence electrons. The lowest BCUT2D eigenvalue weighted by Crippen LogP contribution is -2.37. The van der Waals surface area contributed by atoms with Crippen LogP contribution in [0.5, 0.6) is 0 Å². The predicted octanol–water partition coefficient (Wildman–Crippen LogP) is 5.58. The molecule has 0 fully saturated rings. The zero-order chi connectivity index (χ0) is 27.3. The van der Waals surface area contributed by atoms with E-state index in [1.165, 1.54) is 0 Å². The molecule has 0 aliphatic carbocycles. The van der Waals surface area contributed by atoms with Crippen LogP contribution in [0.3, 0.4) is 0 Å². The molecule has 1 aromatic heterocycles. The maximum absolute atomic E-state index is 13.5. The van der Waals surface area contributed by atoms with Crippen molar-refractivity contribution in [2.75, 3.05) is 11.9 Å². The quantitative estimate of drug-likeness (QED) is 0.275. The maximum atomic E-state index is 13.5. The summed E-state index contributed by atoms with van der Waals surface area (Å²) in [5.41, 5.74) is 3.15. The SMILES string of the molecule is Cc1ccc(S(=O)(=O)N(CC(=O)Nc2ccc(Cc3noc(C(C)C)n3)cc2)Cc2ccc(Cl)cc2)cc1. The van der Waals surface area contributed by atoms with E-state index in [0.717, 1.165) is 15.4 Å². The summed E-state index contributed by atoms with van der Waals surface area (Å²) in [5.74, 6) is 0.877. The van der Waals surface area contributed by atoms with E-state index >= 15 is 0 Å². The molecule has 0 aliphatic rings. The second kappa shape index (κ2) is 11.9. The van der Waals surface area contributed by atoms with Crippen LogP contribution in [-0.4, -0.2) is 35.3 Å². The fourth-order valence-electron chi connectivity index (χ4n) is 3.70. The lowest BCUT2D eigenvalue weighted by molar-refractivity contribution is -0.116. The lowest BCUT2D eigenvalue weighted by atomic mass is 10.1. The molecule has 0 unspecified atom stereocenters. The molecule has 0 spiro atoms. The summed E-state index contributed by atoms with van der Waals surface area (Å²) in [6.45, 7) is 5.50. The van der Waals surface area contributed by atoms with E-state index < -0.39 is 15.9 Å². The highest BCUT2D eigenvalue weighted by Crippen LogP contribution is 2.21. The first-order valence-electron chi connectivity index (χ1n) is 12.1. The summed E-state index contributed by atoms with van der Waals surface area (Å²) in [4.78, 5) is 17.5. The Morgan fingerprint density at radius 2 is 1.61 bits per heavy atom. The second-order valence-corrected chi connectivity index (χ2v) is 11.7. The molecule has 0 aliphatic heterocycles. The third-order valence-electron chi connectivity index (χ3n) is 5.83. The van der Waals surface area contributed by atoms with E-state index in [1.807, 2.05) is 32.9 Å². The maximum Gasteiger partial charge on any atom is 0.243 e. The van der Waals surface area contributed by atoms with Gasteiger partial charge in [-0.15, -0.1) is 0 Å². The predicted molar refractivity (Wildman–Crippen MR) is 146 cm³/mol. The normalized spacial score (nSPS) is 11.7. The number of sulfonamides is 1. The van der Waals surface area contributed by atoms with Gasteiger partial charge in [-0.3, -0.25) is 4.79 Å². The number of amides is 1. The van der Waals surface area contributed by atoms with Gasteiger partial charge in [0.1, 0.15) is 0 Å². The van der Waals surface area contributed by atoms with E-state index in [2.05, 4.69) is 15.5 Å². The number of nitrogens with zero attached hydrogens (tertiary/aromatic N) is 3. The average Bonchev–Trinajstić information content (AvgIpc) is 3.35. The fourth-order valence-corrected chi connectivity index (χ4v) is 5.21. The van der Waals surface area contributed by atoms with Crippen LogP contribution in [0.15, 0.2) is 82.2 Å². The summed E-state index contributed by atoms with van der Waals surface area (Å²) < 4.78 is 33.3. The standard InChI is InChI=1S/C28H29ClN4O4S/c1-19(2)28-31-26(32-37-28)16-21-8-12-24(13-9-21)30-27(34)18-33(17-22-6-10-23(29)11-7-22)38(35,36)25-14-4-20(3)5-15-25/h4-15,19H,16-18H2,1-3H3,(H,30,34). The van der Waals surface area contributed by atoms with Gasteiger partial charge in [0.15, 0.2) is 5.82 Å². The highest BCUT2D eigenvalue weighted by atomic mass is 35.5. The Hall–Kier alpha value is -3.53. The summed E-state index contributed by atoms with van der Waals surface area (Å²) >= 11 is 5.99. The minimum atomic E-state index is -3.94. The number of hydrogen-bond acceptors (Lipinski definition) is 6. The van der Waals surface area contributed by atoms with E-state index in [0.29, 0.717) is 34.4 Å². The van der Waals surface area contributed by atoms with Gasteiger partial charge in [0.05, 0.1) is 11.4 Å². The average molecular weight is 553 g/mol. The molecule has 4 rings (SSSR count). The van der Waals surface area contributed by atoms with Crippen LogP contribution in [0.1, 0.15) is 48.2 Å². The first-order valence-corrected chi connectivity index (χ1v) is 13.9. The van der Waals surface area contributed by atoms with Crippen molar-refractivity contribution in [3.8, 4) is 0 Å². The first kappa shape index (κ1) is 27.5. The number of benzene rings is 3. The van der Waals surface area contributed by atoms with Crippen molar-refractivity contribution in [1.82, 2.24) is 14.4 Å². The number of carbonyl (C=O) groups is 1. The van der Waals surface area contributed by atoms with E-state index in [4.69, 9.17) is 16.1 Å². The molecule has 8 nitrogen and oxygen atoms in total. The van der Waals surface area contributed by atoms with Crippen LogP contribution < -0.4 is 5.32 Å². The third kappa shape index (κ3) is 7.06. The minimum Gasteiger partial charge on any atom is -0.339 e. The van der Waals surface area contributed by atoms with Gasteiger partial charge >= 0.3 is 0 Å². The molecule has 38 heavy (non-hydrogen) atoms. The van der Waals surface area contributed by atoms with Crippen molar-refractivity contribution >= 4 is 33.2 Å². The van der Waals surface area contributed by atoms with Crippen LogP contribution in [0.4, 0.5) is 5.69 Å². The zero-order valence-corrected chi connectivity index (χ0v) is 23.0. The third-order valence-corrected chi connectivity index (χ3v) is 7.89. The Morgan fingerprint density at radius 3 is 2.21 bits per heavy atom. The number of anilines is 1. The molecule has 1 amide bonds. The second-order valence-electron chi connectivity index (χ2n) is 9.34. The van der Waals surface area contributed by atoms with Gasteiger partial charge in [-0.2, -0.15) is 9.29 Å². The largest absolute Gasteiger partial charge is 0.339 e. The Labute approximate surface area is 227 Å². The van der Waals surface area contributed by atoms with Crippen molar-refractivity contribution < 1.29 is 17.7 Å². The number of nitrogens with one attached hydrogen (secondary N) is 1. The monoisotopic (exact) mass is 552 g/mol. The highest BCUT2D eigenvalue weighted by molar-refractivity contribution is 7.89. The highest BCUT2D eigenvalue weighted by Gasteiger charge is 2.27. The van der Waals surface area contributed by atoms with E-state index in [1.54, 1.807) is 60.7 Å². The molecule has 1 heterocycles. The Balaban J connectivity index is 1.47. The van der Waals surface area contributed by atoms with Crippen LogP contribution >= 0.6 is 11.6 Å². The number of aryl methyl sites for hydroxylation is 1. The Kier molecular flexibility index (Phi) is 8.61. The molecular weight excluding hydrogens is 524 g/mol. The van der Waals surface area contributed by atoms with Crippen molar-refractivity contribution in [3.05, 3.63) is 106 Å². The molecule has 10 heteroatoms. The van der Waals surface area contributed by atoms with Gasteiger partial charge < -0.3 is 9.84 Å². The topological polar surface area (TPSA) is 105 Å². The van der Waals surface area contributed by atoms with Crippen molar-refractivity contribution in [2.45, 2.75) is 44.6 Å². The van der Waals surface area contributed by atoms with Gasteiger partial charge in [-0.05, 0) is 54.4 Å². The van der Waals surface area contributed by atoms with Crippen LogP contribution in [0.25, 0.3) is 0 Å². The number of aromatic nitrogens is 2. The summed E-state index contributed by atoms with van der Waals surface area (Å²) in [5, 5.41) is 7.34. The van der Waals surface area contributed by atoms with Crippen LogP contribution in [-0.2, 0) is 27.8 Å². The van der Waals surface area contributed by atoms with Crippen LogP contribution in [0.2, 0.25) is 5.02 Å². The summed E-state index contributed by atoms with van der Waals surface area (Å²) in [6.07, 6.45) is 0.494. The molecule has 4 aromatic rings. The van der Waals surface area contributed by atoms with Gasteiger partial charge in [0, 0.05) is 29.6 Å². The first-order chi connectivity index (χ1) is 18.1. The minimum absolute atomic E-state index is 0.0167. The Bertz CT molecular complexity index is 1480. The zero-order valence-electron chi connectivity index (χ0n) is 21.4. The molecule has 0 radical (unpaired) electrons.